The molecule has 0 fully saturated rings. The van der Waals surface area contributed by atoms with Crippen molar-refractivity contribution in [2.45, 2.75) is 13.8 Å². The highest BCUT2D eigenvalue weighted by molar-refractivity contribution is 6.32. The molecule has 0 spiro atoms. The molecule has 0 radical (unpaired) electrons. The molecular formula is C17H16ClNO2. The number of carbonyl (C=O) groups is 1. The van der Waals surface area contributed by atoms with Crippen molar-refractivity contribution in [1.29, 1.82) is 0 Å². The van der Waals surface area contributed by atoms with Crippen molar-refractivity contribution < 1.29 is 9.53 Å². The van der Waals surface area contributed by atoms with Crippen LogP contribution in [0.25, 0.3) is 0 Å². The lowest BCUT2D eigenvalue weighted by atomic mass is 10.2. The molecule has 1 amide bonds. The number of halogens is 1. The van der Waals surface area contributed by atoms with Crippen LogP contribution in [0.2, 0.25) is 5.02 Å². The molecule has 2 aromatic carbocycles. The fourth-order valence-electron chi connectivity index (χ4n) is 1.74. The number of benzene rings is 2. The van der Waals surface area contributed by atoms with E-state index in [0.717, 1.165) is 5.57 Å². The summed E-state index contributed by atoms with van der Waals surface area (Å²) in [5.41, 5.74) is 1.52. The molecule has 0 atom stereocenters. The fourth-order valence-corrected chi connectivity index (χ4v) is 1.91. The Balaban J connectivity index is 2.23. The second-order valence-corrected chi connectivity index (χ2v) is 5.15. The van der Waals surface area contributed by atoms with Gasteiger partial charge in [-0.1, -0.05) is 41.4 Å². The van der Waals surface area contributed by atoms with Gasteiger partial charge < -0.3 is 10.1 Å². The summed E-state index contributed by atoms with van der Waals surface area (Å²) in [6.45, 7) is 3.73. The molecule has 21 heavy (non-hydrogen) atoms. The van der Waals surface area contributed by atoms with Crippen LogP contribution in [0.4, 0.5) is 5.69 Å². The van der Waals surface area contributed by atoms with Gasteiger partial charge in [0.1, 0.15) is 5.75 Å². The molecule has 0 aromatic heterocycles. The van der Waals surface area contributed by atoms with E-state index in [4.69, 9.17) is 16.3 Å². The van der Waals surface area contributed by atoms with Crippen molar-refractivity contribution in [3.05, 3.63) is 65.2 Å². The molecule has 0 bridgehead atoms. The van der Waals surface area contributed by atoms with Crippen LogP contribution in [0, 0.1) is 0 Å². The van der Waals surface area contributed by atoms with Crippen molar-refractivity contribution in [2.75, 3.05) is 5.32 Å². The molecular weight excluding hydrogens is 286 g/mol. The van der Waals surface area contributed by atoms with Gasteiger partial charge >= 0.3 is 0 Å². The Bertz CT molecular complexity index is 676. The molecule has 0 heterocycles. The summed E-state index contributed by atoms with van der Waals surface area (Å²) in [5, 5.41) is 3.31. The van der Waals surface area contributed by atoms with Crippen LogP contribution in [0.15, 0.2) is 60.2 Å². The summed E-state index contributed by atoms with van der Waals surface area (Å²) in [6.07, 6.45) is 1.53. The Morgan fingerprint density at radius 2 is 1.67 bits per heavy atom. The average Bonchev–Trinajstić information content (AvgIpc) is 2.42. The van der Waals surface area contributed by atoms with E-state index in [2.05, 4.69) is 5.32 Å². The number of allylic oxidation sites excluding steroid dienone is 1. The van der Waals surface area contributed by atoms with Gasteiger partial charge in [0.15, 0.2) is 5.75 Å². The van der Waals surface area contributed by atoms with Crippen LogP contribution in [0.3, 0.4) is 0 Å². The van der Waals surface area contributed by atoms with Crippen LogP contribution in [-0.4, -0.2) is 5.91 Å². The van der Waals surface area contributed by atoms with Gasteiger partial charge in [-0.2, -0.15) is 0 Å². The minimum Gasteiger partial charge on any atom is -0.454 e. The standard InChI is InChI=1S/C17H16ClNO2/c1-12(2)11-17(20)19-14-8-4-6-10-16(14)21-15-9-5-3-7-13(15)18/h3-11H,1-2H3,(H,19,20). The Morgan fingerprint density at radius 1 is 1.05 bits per heavy atom. The highest BCUT2D eigenvalue weighted by Gasteiger charge is 2.08. The zero-order valence-corrected chi connectivity index (χ0v) is 12.6. The molecule has 0 aliphatic rings. The molecule has 3 nitrogen and oxygen atoms in total. The van der Waals surface area contributed by atoms with E-state index in [9.17, 15) is 4.79 Å². The van der Waals surface area contributed by atoms with Gasteiger partial charge in [-0.25, -0.2) is 0 Å². The number of rotatable bonds is 4. The Morgan fingerprint density at radius 3 is 2.33 bits per heavy atom. The highest BCUT2D eigenvalue weighted by atomic mass is 35.5. The maximum atomic E-state index is 11.8. The first kappa shape index (κ1) is 15.1. The van der Waals surface area contributed by atoms with E-state index in [-0.39, 0.29) is 5.91 Å². The van der Waals surface area contributed by atoms with Crippen molar-refractivity contribution in [3.63, 3.8) is 0 Å². The molecule has 0 saturated heterocycles. The van der Waals surface area contributed by atoms with Crippen molar-refractivity contribution in [2.24, 2.45) is 0 Å². The molecule has 0 saturated carbocycles. The topological polar surface area (TPSA) is 38.3 Å². The van der Waals surface area contributed by atoms with E-state index in [0.29, 0.717) is 22.2 Å². The molecule has 2 aromatic rings. The Labute approximate surface area is 129 Å². The SMILES string of the molecule is CC(C)=CC(=O)Nc1ccccc1Oc1ccccc1Cl. The Hall–Kier alpha value is -2.26. The number of para-hydroxylation sites is 3. The van der Waals surface area contributed by atoms with E-state index in [1.165, 1.54) is 6.08 Å². The van der Waals surface area contributed by atoms with E-state index >= 15 is 0 Å². The number of hydrogen-bond acceptors (Lipinski definition) is 2. The maximum absolute atomic E-state index is 11.8. The first-order valence-corrected chi connectivity index (χ1v) is 6.91. The van der Waals surface area contributed by atoms with Crippen LogP contribution in [0.1, 0.15) is 13.8 Å². The predicted octanol–water partition coefficient (Wildman–Crippen LogP) is 5.04. The van der Waals surface area contributed by atoms with E-state index in [1.54, 1.807) is 24.3 Å². The monoisotopic (exact) mass is 301 g/mol. The third kappa shape index (κ3) is 4.36. The Kier molecular flexibility index (Phi) is 5.01. The summed E-state index contributed by atoms with van der Waals surface area (Å²) in [6, 6.07) is 14.4. The van der Waals surface area contributed by atoms with Gasteiger partial charge in [0.05, 0.1) is 10.7 Å². The van der Waals surface area contributed by atoms with Crippen molar-refractivity contribution in [1.82, 2.24) is 0 Å². The van der Waals surface area contributed by atoms with Gasteiger partial charge in [-0.15, -0.1) is 0 Å². The fraction of sp³-hybridized carbons (Fsp3) is 0.118. The molecule has 0 aliphatic heterocycles. The summed E-state index contributed by atoms with van der Waals surface area (Å²) in [5.74, 6) is 0.898. The molecule has 4 heteroatoms. The van der Waals surface area contributed by atoms with Crippen LogP contribution >= 0.6 is 11.6 Å². The largest absolute Gasteiger partial charge is 0.454 e. The number of hydrogen-bond donors (Lipinski definition) is 1. The number of nitrogens with one attached hydrogen (secondary N) is 1. The number of anilines is 1. The van der Waals surface area contributed by atoms with Gasteiger partial charge in [-0.3, -0.25) is 4.79 Å². The lowest BCUT2D eigenvalue weighted by molar-refractivity contribution is -0.112. The van der Waals surface area contributed by atoms with Gasteiger partial charge in [0.25, 0.3) is 0 Å². The minimum atomic E-state index is -0.190. The average molecular weight is 302 g/mol. The zero-order valence-electron chi connectivity index (χ0n) is 11.9. The summed E-state index contributed by atoms with van der Waals surface area (Å²) in [7, 11) is 0. The maximum Gasteiger partial charge on any atom is 0.248 e. The third-order valence-corrected chi connectivity index (χ3v) is 2.93. The second kappa shape index (κ2) is 6.95. The predicted molar refractivity (Wildman–Crippen MR) is 86.0 cm³/mol. The second-order valence-electron chi connectivity index (χ2n) is 4.74. The van der Waals surface area contributed by atoms with Crippen LogP contribution in [0.5, 0.6) is 11.5 Å². The number of amides is 1. The third-order valence-electron chi connectivity index (χ3n) is 2.62. The molecule has 2 rings (SSSR count). The number of carbonyl (C=O) groups excluding carboxylic acids is 1. The van der Waals surface area contributed by atoms with E-state index < -0.39 is 0 Å². The highest BCUT2D eigenvalue weighted by Crippen LogP contribution is 2.33. The van der Waals surface area contributed by atoms with Gasteiger partial charge in [0.2, 0.25) is 5.91 Å². The van der Waals surface area contributed by atoms with Gasteiger partial charge in [-0.05, 0) is 38.1 Å². The molecule has 0 aliphatic carbocycles. The summed E-state index contributed by atoms with van der Waals surface area (Å²) >= 11 is 6.08. The molecule has 1 N–H and O–H groups in total. The van der Waals surface area contributed by atoms with Crippen LogP contribution < -0.4 is 10.1 Å². The molecule has 108 valence electrons. The first-order chi connectivity index (χ1) is 10.1. The summed E-state index contributed by atoms with van der Waals surface area (Å²) in [4.78, 5) is 11.8. The number of ether oxygens (including phenoxy) is 1. The minimum absolute atomic E-state index is 0.190. The lowest BCUT2D eigenvalue weighted by Gasteiger charge is -2.12. The summed E-state index contributed by atoms with van der Waals surface area (Å²) < 4.78 is 5.78. The van der Waals surface area contributed by atoms with Gasteiger partial charge in [0, 0.05) is 6.08 Å². The van der Waals surface area contributed by atoms with Crippen molar-refractivity contribution >= 4 is 23.2 Å². The smallest absolute Gasteiger partial charge is 0.248 e. The zero-order chi connectivity index (χ0) is 15.2. The van der Waals surface area contributed by atoms with E-state index in [1.807, 2.05) is 38.1 Å². The normalized spacial score (nSPS) is 9.86. The molecule has 0 unspecified atom stereocenters. The first-order valence-electron chi connectivity index (χ1n) is 6.53. The van der Waals surface area contributed by atoms with Crippen LogP contribution in [-0.2, 0) is 4.79 Å². The van der Waals surface area contributed by atoms with Crippen molar-refractivity contribution in [3.8, 4) is 11.5 Å². The quantitative estimate of drug-likeness (QED) is 0.804. The lowest BCUT2D eigenvalue weighted by Crippen LogP contribution is -2.09.